The fraction of sp³-hybridized carbons (Fsp3) is 0.867. The maximum absolute atomic E-state index is 11.9. The highest BCUT2D eigenvalue weighted by Crippen LogP contribution is 2.12. The van der Waals surface area contributed by atoms with E-state index in [1.807, 2.05) is 27.7 Å². The van der Waals surface area contributed by atoms with Crippen molar-refractivity contribution >= 4 is 12.1 Å². The van der Waals surface area contributed by atoms with Gasteiger partial charge in [-0.25, -0.2) is 4.79 Å². The number of amides is 1. The van der Waals surface area contributed by atoms with Crippen LogP contribution in [-0.2, 0) is 14.3 Å². The molecule has 122 valence electrons. The Kier molecular flexibility index (Phi) is 6.95. The summed E-state index contributed by atoms with van der Waals surface area (Å²) in [7, 11) is 0. The standard InChI is InChI=1S/C15H28N2O4/c1-5-20-13(18)7-6-8-16-9-11-17(12-10-16)14(19)21-15(2,3)4/h5-12H2,1-4H3. The topological polar surface area (TPSA) is 59.1 Å². The predicted molar refractivity (Wildman–Crippen MR) is 80.1 cm³/mol. The first-order chi connectivity index (χ1) is 9.81. The van der Waals surface area contributed by atoms with Crippen molar-refractivity contribution in [3.8, 4) is 0 Å². The Bertz CT molecular complexity index is 344. The van der Waals surface area contributed by atoms with Gasteiger partial charge in [0, 0.05) is 32.6 Å². The fourth-order valence-corrected chi connectivity index (χ4v) is 2.16. The van der Waals surface area contributed by atoms with Crippen LogP contribution in [0.25, 0.3) is 0 Å². The molecule has 1 heterocycles. The van der Waals surface area contributed by atoms with E-state index in [1.54, 1.807) is 4.90 Å². The molecule has 1 saturated heterocycles. The number of hydrogen-bond donors (Lipinski definition) is 0. The summed E-state index contributed by atoms with van der Waals surface area (Å²) in [5.74, 6) is -0.134. The molecular formula is C15H28N2O4. The van der Waals surface area contributed by atoms with Crippen LogP contribution in [0.1, 0.15) is 40.5 Å². The third kappa shape index (κ3) is 7.32. The van der Waals surface area contributed by atoms with Crippen molar-refractivity contribution in [3.63, 3.8) is 0 Å². The number of ether oxygens (including phenoxy) is 2. The molecule has 0 aromatic carbocycles. The van der Waals surface area contributed by atoms with Crippen molar-refractivity contribution in [1.82, 2.24) is 9.80 Å². The van der Waals surface area contributed by atoms with E-state index >= 15 is 0 Å². The number of esters is 1. The summed E-state index contributed by atoms with van der Waals surface area (Å²) in [5.41, 5.74) is -0.451. The number of piperazine rings is 1. The molecule has 0 bridgehead atoms. The number of rotatable bonds is 5. The molecule has 0 atom stereocenters. The van der Waals surface area contributed by atoms with Crippen molar-refractivity contribution in [2.45, 2.75) is 46.1 Å². The fourth-order valence-electron chi connectivity index (χ4n) is 2.16. The average Bonchev–Trinajstić information content (AvgIpc) is 2.38. The second kappa shape index (κ2) is 8.22. The van der Waals surface area contributed by atoms with Gasteiger partial charge in [0.25, 0.3) is 0 Å². The first-order valence-corrected chi connectivity index (χ1v) is 7.67. The molecular weight excluding hydrogens is 272 g/mol. The van der Waals surface area contributed by atoms with Gasteiger partial charge in [-0.2, -0.15) is 0 Å². The number of carbonyl (C=O) groups is 2. The smallest absolute Gasteiger partial charge is 0.410 e. The molecule has 0 radical (unpaired) electrons. The van der Waals surface area contributed by atoms with Crippen LogP contribution >= 0.6 is 0 Å². The molecule has 0 saturated carbocycles. The molecule has 6 nitrogen and oxygen atoms in total. The van der Waals surface area contributed by atoms with E-state index in [0.29, 0.717) is 26.1 Å². The summed E-state index contributed by atoms with van der Waals surface area (Å²) in [4.78, 5) is 27.2. The molecule has 0 unspecified atom stereocenters. The molecule has 0 aromatic heterocycles. The maximum atomic E-state index is 11.9. The van der Waals surface area contributed by atoms with E-state index in [2.05, 4.69) is 4.90 Å². The van der Waals surface area contributed by atoms with Crippen LogP contribution in [-0.4, -0.2) is 66.8 Å². The number of hydrogen-bond acceptors (Lipinski definition) is 5. The van der Waals surface area contributed by atoms with Gasteiger partial charge in [0.15, 0.2) is 0 Å². The summed E-state index contributed by atoms with van der Waals surface area (Å²) < 4.78 is 10.3. The van der Waals surface area contributed by atoms with Crippen LogP contribution in [0.15, 0.2) is 0 Å². The summed E-state index contributed by atoms with van der Waals surface area (Å²) >= 11 is 0. The molecule has 21 heavy (non-hydrogen) atoms. The second-order valence-electron chi connectivity index (χ2n) is 6.22. The number of carbonyl (C=O) groups excluding carboxylic acids is 2. The van der Waals surface area contributed by atoms with E-state index in [0.717, 1.165) is 26.1 Å². The van der Waals surface area contributed by atoms with Crippen LogP contribution < -0.4 is 0 Å². The monoisotopic (exact) mass is 300 g/mol. The van der Waals surface area contributed by atoms with Crippen molar-refractivity contribution in [3.05, 3.63) is 0 Å². The molecule has 6 heteroatoms. The third-order valence-corrected chi connectivity index (χ3v) is 3.18. The molecule has 0 N–H and O–H groups in total. The molecule has 1 amide bonds. The van der Waals surface area contributed by atoms with Crippen LogP contribution in [0.2, 0.25) is 0 Å². The SMILES string of the molecule is CCOC(=O)CCCN1CCN(C(=O)OC(C)(C)C)CC1. The first kappa shape index (κ1) is 17.8. The van der Waals surface area contributed by atoms with E-state index in [1.165, 1.54) is 0 Å². The minimum atomic E-state index is -0.451. The van der Waals surface area contributed by atoms with Gasteiger partial charge < -0.3 is 14.4 Å². The minimum absolute atomic E-state index is 0.134. The Morgan fingerprint density at radius 1 is 1.10 bits per heavy atom. The molecule has 0 spiro atoms. The van der Waals surface area contributed by atoms with Crippen LogP contribution in [0.5, 0.6) is 0 Å². The molecule has 0 aliphatic carbocycles. The Labute approximate surface area is 127 Å². The molecule has 1 aliphatic rings. The minimum Gasteiger partial charge on any atom is -0.466 e. The Balaban J connectivity index is 2.20. The lowest BCUT2D eigenvalue weighted by atomic mass is 10.2. The summed E-state index contributed by atoms with van der Waals surface area (Å²) in [6, 6.07) is 0. The highest BCUT2D eigenvalue weighted by Gasteiger charge is 2.25. The van der Waals surface area contributed by atoms with Gasteiger partial charge in [-0.1, -0.05) is 0 Å². The van der Waals surface area contributed by atoms with Crippen molar-refractivity contribution < 1.29 is 19.1 Å². The zero-order valence-corrected chi connectivity index (χ0v) is 13.7. The maximum Gasteiger partial charge on any atom is 0.410 e. The highest BCUT2D eigenvalue weighted by atomic mass is 16.6. The average molecular weight is 300 g/mol. The highest BCUT2D eigenvalue weighted by molar-refractivity contribution is 5.69. The quantitative estimate of drug-likeness (QED) is 0.726. The Morgan fingerprint density at radius 3 is 2.24 bits per heavy atom. The lowest BCUT2D eigenvalue weighted by Crippen LogP contribution is -2.50. The molecule has 1 fully saturated rings. The van der Waals surface area contributed by atoms with Gasteiger partial charge in [0.1, 0.15) is 5.60 Å². The van der Waals surface area contributed by atoms with Gasteiger partial charge in [0.05, 0.1) is 6.61 Å². The van der Waals surface area contributed by atoms with Gasteiger partial charge in [-0.15, -0.1) is 0 Å². The van der Waals surface area contributed by atoms with E-state index < -0.39 is 5.60 Å². The van der Waals surface area contributed by atoms with E-state index in [4.69, 9.17) is 9.47 Å². The van der Waals surface area contributed by atoms with Crippen LogP contribution in [0.4, 0.5) is 4.79 Å². The molecule has 1 aliphatic heterocycles. The largest absolute Gasteiger partial charge is 0.466 e. The zero-order valence-electron chi connectivity index (χ0n) is 13.7. The lowest BCUT2D eigenvalue weighted by molar-refractivity contribution is -0.143. The van der Waals surface area contributed by atoms with Crippen LogP contribution in [0, 0.1) is 0 Å². The van der Waals surface area contributed by atoms with Crippen molar-refractivity contribution in [2.75, 3.05) is 39.3 Å². The zero-order chi connectivity index (χ0) is 15.9. The number of nitrogens with zero attached hydrogens (tertiary/aromatic N) is 2. The first-order valence-electron chi connectivity index (χ1n) is 7.67. The normalized spacial score (nSPS) is 16.7. The third-order valence-electron chi connectivity index (χ3n) is 3.18. The second-order valence-corrected chi connectivity index (χ2v) is 6.22. The van der Waals surface area contributed by atoms with Gasteiger partial charge in [0.2, 0.25) is 0 Å². The van der Waals surface area contributed by atoms with E-state index in [-0.39, 0.29) is 12.1 Å². The van der Waals surface area contributed by atoms with Gasteiger partial charge >= 0.3 is 12.1 Å². The lowest BCUT2D eigenvalue weighted by Gasteiger charge is -2.35. The Morgan fingerprint density at radius 2 is 1.71 bits per heavy atom. The summed E-state index contributed by atoms with van der Waals surface area (Å²) in [6.07, 6.45) is 1.01. The van der Waals surface area contributed by atoms with Crippen molar-refractivity contribution in [2.24, 2.45) is 0 Å². The molecule has 1 rings (SSSR count). The van der Waals surface area contributed by atoms with Gasteiger partial charge in [-0.3, -0.25) is 9.69 Å². The van der Waals surface area contributed by atoms with Crippen LogP contribution in [0.3, 0.4) is 0 Å². The predicted octanol–water partition coefficient (Wildman–Crippen LogP) is 1.88. The summed E-state index contributed by atoms with van der Waals surface area (Å²) in [6.45, 7) is 11.7. The Hall–Kier alpha value is -1.30. The molecule has 0 aromatic rings. The van der Waals surface area contributed by atoms with Gasteiger partial charge in [-0.05, 0) is 40.7 Å². The summed E-state index contributed by atoms with van der Waals surface area (Å²) in [5, 5.41) is 0. The van der Waals surface area contributed by atoms with E-state index in [9.17, 15) is 9.59 Å². The van der Waals surface area contributed by atoms with Crippen molar-refractivity contribution in [1.29, 1.82) is 0 Å².